The highest BCUT2D eigenvalue weighted by Crippen LogP contribution is 2.32. The Hall–Kier alpha value is -2.08. The van der Waals surface area contributed by atoms with Crippen LogP contribution in [0.4, 0.5) is 0 Å². The minimum Gasteiger partial charge on any atom is -0.467 e. The van der Waals surface area contributed by atoms with Crippen molar-refractivity contribution < 1.29 is 18.7 Å². The summed E-state index contributed by atoms with van der Waals surface area (Å²) in [5.41, 5.74) is 1.26. The van der Waals surface area contributed by atoms with Crippen LogP contribution >= 0.6 is 11.3 Å². The Kier molecular flexibility index (Phi) is 5.04. The zero-order valence-electron chi connectivity index (χ0n) is 13.9. The SMILES string of the molecule is C[C@@H]1CCc2sc(C(=O)OCC(=O)N(C)Cc3ccco3)cc2C1. The fraction of sp³-hybridized carbons (Fsp3) is 0.444. The number of amides is 1. The smallest absolute Gasteiger partial charge is 0.348 e. The van der Waals surface area contributed by atoms with E-state index in [4.69, 9.17) is 9.15 Å². The first-order valence-corrected chi connectivity index (χ1v) is 8.89. The van der Waals surface area contributed by atoms with Crippen molar-refractivity contribution >= 4 is 23.2 Å². The Bertz CT molecular complexity index is 719. The van der Waals surface area contributed by atoms with Crippen molar-refractivity contribution in [1.29, 1.82) is 0 Å². The highest BCUT2D eigenvalue weighted by atomic mass is 32.1. The van der Waals surface area contributed by atoms with Gasteiger partial charge in [-0.3, -0.25) is 4.79 Å². The predicted molar refractivity (Wildman–Crippen MR) is 91.0 cm³/mol. The monoisotopic (exact) mass is 347 g/mol. The third-order valence-corrected chi connectivity index (χ3v) is 5.47. The summed E-state index contributed by atoms with van der Waals surface area (Å²) in [4.78, 5) is 27.6. The lowest BCUT2D eigenvalue weighted by atomic mass is 9.90. The molecule has 1 aliphatic carbocycles. The molecule has 3 rings (SSSR count). The van der Waals surface area contributed by atoms with E-state index >= 15 is 0 Å². The van der Waals surface area contributed by atoms with Gasteiger partial charge in [-0.25, -0.2) is 4.79 Å². The van der Waals surface area contributed by atoms with Crippen LogP contribution in [0, 0.1) is 5.92 Å². The average molecular weight is 347 g/mol. The van der Waals surface area contributed by atoms with Crippen LogP contribution in [0.1, 0.15) is 39.2 Å². The van der Waals surface area contributed by atoms with E-state index in [0.717, 1.165) is 19.3 Å². The molecule has 5 nitrogen and oxygen atoms in total. The molecule has 2 heterocycles. The molecule has 0 bridgehead atoms. The third-order valence-electron chi connectivity index (χ3n) is 4.26. The minimum atomic E-state index is -0.415. The molecule has 0 unspecified atom stereocenters. The summed E-state index contributed by atoms with van der Waals surface area (Å²) in [5.74, 6) is 0.682. The van der Waals surface area contributed by atoms with Gasteiger partial charge >= 0.3 is 5.97 Å². The number of rotatable bonds is 5. The molecule has 0 fully saturated rings. The second kappa shape index (κ2) is 7.21. The summed E-state index contributed by atoms with van der Waals surface area (Å²) >= 11 is 1.49. The van der Waals surface area contributed by atoms with E-state index in [2.05, 4.69) is 6.92 Å². The van der Waals surface area contributed by atoms with Crippen molar-refractivity contribution in [2.75, 3.05) is 13.7 Å². The van der Waals surface area contributed by atoms with Gasteiger partial charge in [-0.1, -0.05) is 6.92 Å². The molecule has 6 heteroatoms. The Balaban J connectivity index is 1.52. The quantitative estimate of drug-likeness (QED) is 0.779. The Morgan fingerprint density at radius 1 is 1.46 bits per heavy atom. The van der Waals surface area contributed by atoms with E-state index < -0.39 is 5.97 Å². The number of hydrogen-bond acceptors (Lipinski definition) is 5. The van der Waals surface area contributed by atoms with E-state index in [1.54, 1.807) is 25.4 Å². The van der Waals surface area contributed by atoms with E-state index in [9.17, 15) is 9.59 Å². The van der Waals surface area contributed by atoms with Crippen molar-refractivity contribution in [3.63, 3.8) is 0 Å². The van der Waals surface area contributed by atoms with Crippen LogP contribution in [0.2, 0.25) is 0 Å². The van der Waals surface area contributed by atoms with Gasteiger partial charge in [0.1, 0.15) is 10.6 Å². The molecule has 2 aromatic heterocycles. The third kappa shape index (κ3) is 3.87. The molecule has 0 radical (unpaired) electrons. The number of thiophene rings is 1. The number of carbonyl (C=O) groups excluding carboxylic acids is 2. The number of fused-ring (bicyclic) bond motifs is 1. The molecular formula is C18H21NO4S. The zero-order valence-corrected chi connectivity index (χ0v) is 14.7. The van der Waals surface area contributed by atoms with E-state index in [-0.39, 0.29) is 12.5 Å². The molecule has 1 atom stereocenters. The van der Waals surface area contributed by atoms with Crippen LogP contribution in [0.15, 0.2) is 28.9 Å². The number of hydrogen-bond donors (Lipinski definition) is 0. The molecule has 0 saturated carbocycles. The van der Waals surface area contributed by atoms with Gasteiger partial charge in [-0.2, -0.15) is 0 Å². The van der Waals surface area contributed by atoms with Gasteiger partial charge < -0.3 is 14.1 Å². The van der Waals surface area contributed by atoms with Crippen LogP contribution < -0.4 is 0 Å². The van der Waals surface area contributed by atoms with Crippen LogP contribution in [0.3, 0.4) is 0 Å². The number of esters is 1. The standard InChI is InChI=1S/C18H21NO4S/c1-12-5-6-15-13(8-12)9-16(24-15)18(21)23-11-17(20)19(2)10-14-4-3-7-22-14/h3-4,7,9,12H,5-6,8,10-11H2,1-2H3/t12-/m1/s1. The van der Waals surface area contributed by atoms with Crippen molar-refractivity contribution in [2.45, 2.75) is 32.7 Å². The van der Waals surface area contributed by atoms with Gasteiger partial charge in [-0.15, -0.1) is 11.3 Å². The Morgan fingerprint density at radius 2 is 2.29 bits per heavy atom. The second-order valence-electron chi connectivity index (χ2n) is 6.31. The molecule has 1 aliphatic rings. The summed E-state index contributed by atoms with van der Waals surface area (Å²) in [7, 11) is 1.66. The van der Waals surface area contributed by atoms with Crippen LogP contribution in [0.5, 0.6) is 0 Å². The fourth-order valence-electron chi connectivity index (χ4n) is 2.84. The van der Waals surface area contributed by atoms with Crippen molar-refractivity contribution in [3.05, 3.63) is 45.5 Å². The van der Waals surface area contributed by atoms with Crippen LogP contribution in [-0.4, -0.2) is 30.4 Å². The first-order chi connectivity index (χ1) is 11.5. The number of nitrogens with zero attached hydrogens (tertiary/aromatic N) is 1. The molecule has 0 aromatic carbocycles. The summed E-state index contributed by atoms with van der Waals surface area (Å²) < 4.78 is 10.4. The average Bonchev–Trinajstić information content (AvgIpc) is 3.20. The maximum absolute atomic E-state index is 12.2. The van der Waals surface area contributed by atoms with E-state index in [0.29, 0.717) is 23.1 Å². The Labute approximate surface area is 145 Å². The first kappa shape index (κ1) is 16.8. The lowest BCUT2D eigenvalue weighted by molar-refractivity contribution is -0.133. The molecule has 0 aliphatic heterocycles. The van der Waals surface area contributed by atoms with E-state index in [1.165, 1.54) is 26.7 Å². The maximum atomic E-state index is 12.2. The highest BCUT2D eigenvalue weighted by molar-refractivity contribution is 7.14. The van der Waals surface area contributed by atoms with Crippen molar-refractivity contribution in [3.8, 4) is 0 Å². The summed E-state index contributed by atoms with van der Waals surface area (Å²) in [6.45, 7) is 2.33. The van der Waals surface area contributed by atoms with Gasteiger partial charge in [0.2, 0.25) is 0 Å². The molecular weight excluding hydrogens is 326 g/mol. The second-order valence-corrected chi connectivity index (χ2v) is 7.45. The highest BCUT2D eigenvalue weighted by Gasteiger charge is 2.22. The number of aryl methyl sites for hydroxylation is 1. The molecule has 0 spiro atoms. The van der Waals surface area contributed by atoms with Crippen molar-refractivity contribution in [1.82, 2.24) is 4.90 Å². The van der Waals surface area contributed by atoms with Crippen molar-refractivity contribution in [2.24, 2.45) is 5.92 Å². The maximum Gasteiger partial charge on any atom is 0.348 e. The molecule has 2 aromatic rings. The normalized spacial score (nSPS) is 16.5. The number of furan rings is 1. The first-order valence-electron chi connectivity index (χ1n) is 8.08. The largest absolute Gasteiger partial charge is 0.467 e. The fourth-order valence-corrected chi connectivity index (χ4v) is 3.94. The Morgan fingerprint density at radius 3 is 3.04 bits per heavy atom. The summed E-state index contributed by atoms with van der Waals surface area (Å²) in [5, 5.41) is 0. The van der Waals surface area contributed by atoms with Crippen LogP contribution in [-0.2, 0) is 28.9 Å². The van der Waals surface area contributed by atoms with Crippen LogP contribution in [0.25, 0.3) is 0 Å². The lowest BCUT2D eigenvalue weighted by Crippen LogP contribution is -2.30. The number of likely N-dealkylation sites (N-methyl/N-ethyl adjacent to an activating group) is 1. The molecule has 128 valence electrons. The van der Waals surface area contributed by atoms with Gasteiger partial charge in [0.25, 0.3) is 5.91 Å². The van der Waals surface area contributed by atoms with Gasteiger partial charge in [0.05, 0.1) is 12.8 Å². The van der Waals surface area contributed by atoms with Gasteiger partial charge in [-0.05, 0) is 48.9 Å². The van der Waals surface area contributed by atoms with E-state index in [1.807, 2.05) is 6.07 Å². The number of ether oxygens (including phenoxy) is 1. The zero-order chi connectivity index (χ0) is 17.1. The summed E-state index contributed by atoms with van der Waals surface area (Å²) in [6, 6.07) is 5.50. The van der Waals surface area contributed by atoms with Gasteiger partial charge in [0.15, 0.2) is 6.61 Å². The molecule has 0 N–H and O–H groups in total. The predicted octanol–water partition coefficient (Wildman–Crippen LogP) is 3.28. The summed E-state index contributed by atoms with van der Waals surface area (Å²) in [6.07, 6.45) is 4.77. The molecule has 24 heavy (non-hydrogen) atoms. The number of carbonyl (C=O) groups is 2. The lowest BCUT2D eigenvalue weighted by Gasteiger charge is -2.16. The minimum absolute atomic E-state index is 0.255. The topological polar surface area (TPSA) is 59.8 Å². The molecule has 1 amide bonds. The van der Waals surface area contributed by atoms with Gasteiger partial charge in [0, 0.05) is 11.9 Å². The molecule has 0 saturated heterocycles.